The van der Waals surface area contributed by atoms with Gasteiger partial charge in [-0.25, -0.2) is 0 Å². The second-order valence-corrected chi connectivity index (χ2v) is 10.2. The van der Waals surface area contributed by atoms with E-state index in [9.17, 15) is 45.6 Å². The van der Waals surface area contributed by atoms with Gasteiger partial charge < -0.3 is 64.5 Å². The number of Topliss-reactive ketones (excluding diaryl/α,β-unsaturated/α-hetero) is 1. The van der Waals surface area contributed by atoms with Crippen molar-refractivity contribution in [2.24, 2.45) is 0 Å². The molecule has 224 valence electrons. The van der Waals surface area contributed by atoms with Gasteiger partial charge in [-0.2, -0.15) is 0 Å². The zero-order valence-electron chi connectivity index (χ0n) is 21.8. The van der Waals surface area contributed by atoms with Crippen molar-refractivity contribution in [3.63, 3.8) is 0 Å². The van der Waals surface area contributed by atoms with Crippen LogP contribution in [0.2, 0.25) is 0 Å². The fraction of sp³-hybridized carbons (Fsp3) is 0.519. The Morgan fingerprint density at radius 2 is 1.59 bits per heavy atom. The standard InChI is InChI=1S/C27H32O14/c1-10-20(32)22(34)24(36)26(37-10)41-25-23(35)21(33)18(9-28)40-27(25)38-13-6-14(30)19-15(31)8-16(39-17(19)7-13)11-2-4-12(29)5-3-11/h2-7,10,16,18,20-30,32-36H,8-9H2,1H3/t10-,16-,18+,20-,21+,22+,23-,24+,25+,26-,27+/m1/s1. The highest BCUT2D eigenvalue weighted by molar-refractivity contribution is 6.02. The number of phenols is 2. The summed E-state index contributed by atoms with van der Waals surface area (Å²) in [6.45, 7) is 0.716. The number of rotatable bonds is 6. The van der Waals surface area contributed by atoms with Gasteiger partial charge in [0.15, 0.2) is 18.2 Å². The summed E-state index contributed by atoms with van der Waals surface area (Å²) >= 11 is 0. The number of ether oxygens (including phenoxy) is 5. The van der Waals surface area contributed by atoms with Gasteiger partial charge in [-0.05, 0) is 24.6 Å². The van der Waals surface area contributed by atoms with Crippen LogP contribution < -0.4 is 9.47 Å². The molecule has 8 N–H and O–H groups in total. The maximum absolute atomic E-state index is 12.9. The maximum atomic E-state index is 12.9. The third-order valence-corrected chi connectivity index (χ3v) is 7.42. The zero-order valence-corrected chi connectivity index (χ0v) is 21.8. The topological polar surface area (TPSA) is 225 Å². The second kappa shape index (κ2) is 11.7. The van der Waals surface area contributed by atoms with E-state index in [0.29, 0.717) is 5.56 Å². The van der Waals surface area contributed by atoms with Crippen molar-refractivity contribution >= 4 is 5.78 Å². The molecule has 41 heavy (non-hydrogen) atoms. The van der Waals surface area contributed by atoms with Gasteiger partial charge in [-0.3, -0.25) is 4.79 Å². The Labute approximate surface area is 233 Å². The lowest BCUT2D eigenvalue weighted by Gasteiger charge is -2.45. The highest BCUT2D eigenvalue weighted by atomic mass is 16.8. The number of hydrogen-bond acceptors (Lipinski definition) is 14. The summed E-state index contributed by atoms with van der Waals surface area (Å²) in [6.07, 6.45) is -16.0. The number of benzene rings is 2. The van der Waals surface area contributed by atoms with E-state index >= 15 is 0 Å². The Hall–Kier alpha value is -3.05. The van der Waals surface area contributed by atoms with Gasteiger partial charge in [0.1, 0.15) is 71.3 Å². The lowest BCUT2D eigenvalue weighted by molar-refractivity contribution is -0.354. The van der Waals surface area contributed by atoms with Crippen LogP contribution in [0.4, 0.5) is 0 Å². The summed E-state index contributed by atoms with van der Waals surface area (Å²) in [7, 11) is 0. The van der Waals surface area contributed by atoms with Crippen LogP contribution >= 0.6 is 0 Å². The molecular formula is C27H32O14. The molecule has 0 aromatic heterocycles. The Kier molecular flexibility index (Phi) is 8.39. The predicted molar refractivity (Wildman–Crippen MR) is 134 cm³/mol. The van der Waals surface area contributed by atoms with E-state index in [1.807, 2.05) is 0 Å². The number of phenolic OH excluding ortho intramolecular Hbond substituents is 2. The van der Waals surface area contributed by atoms with E-state index in [-0.39, 0.29) is 29.2 Å². The molecule has 3 aliphatic rings. The first-order chi connectivity index (χ1) is 19.5. The van der Waals surface area contributed by atoms with Gasteiger partial charge in [0.05, 0.1) is 19.1 Å². The molecule has 0 unspecified atom stereocenters. The lowest BCUT2D eigenvalue weighted by Crippen LogP contribution is -2.64. The van der Waals surface area contributed by atoms with Gasteiger partial charge in [0.25, 0.3) is 0 Å². The summed E-state index contributed by atoms with van der Waals surface area (Å²) in [5.41, 5.74) is 0.529. The number of hydrogen-bond donors (Lipinski definition) is 8. The normalized spacial score (nSPS) is 37.2. The molecule has 3 aliphatic heterocycles. The molecule has 0 aliphatic carbocycles. The quantitative estimate of drug-likeness (QED) is 0.202. The molecule has 11 atom stereocenters. The van der Waals surface area contributed by atoms with E-state index in [4.69, 9.17) is 23.7 Å². The molecule has 14 nitrogen and oxygen atoms in total. The van der Waals surface area contributed by atoms with Crippen LogP contribution in [0, 0.1) is 0 Å². The smallest absolute Gasteiger partial charge is 0.229 e. The molecule has 2 saturated heterocycles. The molecule has 0 amide bonds. The molecule has 0 bridgehead atoms. The zero-order chi connectivity index (χ0) is 29.6. The van der Waals surface area contributed by atoms with Crippen molar-refractivity contribution in [1.29, 1.82) is 0 Å². The summed E-state index contributed by atoms with van der Waals surface area (Å²) in [5, 5.41) is 81.6. The number of carbonyl (C=O) groups excluding carboxylic acids is 1. The Morgan fingerprint density at radius 3 is 2.27 bits per heavy atom. The molecule has 2 aromatic rings. The SMILES string of the molecule is C[C@H]1O[C@H](O[C@@H]2[C@@H](Oc3cc(O)c4c(c3)O[C@@H](c3ccc(O)cc3)CC4=O)O[C@@H](CO)[C@H](O)[C@H]2O)[C@@H](O)[C@@H](O)[C@@H]1O. The minimum absolute atomic E-state index is 0.0149. The van der Waals surface area contributed by atoms with Crippen LogP contribution in [-0.2, 0) is 14.2 Å². The first-order valence-electron chi connectivity index (χ1n) is 13.0. The minimum Gasteiger partial charge on any atom is -0.508 e. The van der Waals surface area contributed by atoms with E-state index in [0.717, 1.165) is 6.07 Å². The number of aliphatic hydroxyl groups is 6. The van der Waals surface area contributed by atoms with Crippen molar-refractivity contribution in [3.05, 3.63) is 47.5 Å². The fourth-order valence-electron chi connectivity index (χ4n) is 5.07. The van der Waals surface area contributed by atoms with Gasteiger partial charge in [-0.15, -0.1) is 0 Å². The van der Waals surface area contributed by atoms with Crippen molar-refractivity contribution < 1.29 is 69.3 Å². The third kappa shape index (κ3) is 5.70. The van der Waals surface area contributed by atoms with Crippen molar-refractivity contribution in [3.8, 4) is 23.0 Å². The van der Waals surface area contributed by atoms with E-state index in [1.165, 1.54) is 25.1 Å². The molecule has 2 fully saturated rings. The van der Waals surface area contributed by atoms with E-state index in [2.05, 4.69) is 0 Å². The molecule has 3 heterocycles. The van der Waals surface area contributed by atoms with E-state index < -0.39 is 85.7 Å². The van der Waals surface area contributed by atoms with Crippen molar-refractivity contribution in [2.45, 2.75) is 80.9 Å². The summed E-state index contributed by atoms with van der Waals surface area (Å²) < 4.78 is 28.6. The average molecular weight is 581 g/mol. The summed E-state index contributed by atoms with van der Waals surface area (Å²) in [6, 6.07) is 8.50. The van der Waals surface area contributed by atoms with Gasteiger partial charge >= 0.3 is 0 Å². The number of aliphatic hydroxyl groups excluding tert-OH is 6. The lowest BCUT2D eigenvalue weighted by atomic mass is 9.95. The average Bonchev–Trinajstić information content (AvgIpc) is 2.94. The third-order valence-electron chi connectivity index (χ3n) is 7.42. The van der Waals surface area contributed by atoms with Crippen molar-refractivity contribution in [2.75, 3.05) is 6.61 Å². The predicted octanol–water partition coefficient (Wildman–Crippen LogP) is -1.17. The van der Waals surface area contributed by atoms with Gasteiger partial charge in [0, 0.05) is 12.1 Å². The first kappa shape index (κ1) is 29.4. The Bertz CT molecular complexity index is 1240. The van der Waals surface area contributed by atoms with Crippen LogP contribution in [0.15, 0.2) is 36.4 Å². The number of ketones is 1. The number of fused-ring (bicyclic) bond motifs is 1. The Balaban J connectivity index is 1.41. The van der Waals surface area contributed by atoms with Crippen molar-refractivity contribution in [1.82, 2.24) is 0 Å². The summed E-state index contributed by atoms with van der Waals surface area (Å²) in [5.74, 6) is -0.947. The van der Waals surface area contributed by atoms with Crippen LogP contribution in [0.1, 0.15) is 35.4 Å². The second-order valence-electron chi connectivity index (χ2n) is 10.2. The summed E-state index contributed by atoms with van der Waals surface area (Å²) in [4.78, 5) is 12.9. The molecule has 2 aromatic carbocycles. The first-order valence-corrected chi connectivity index (χ1v) is 13.0. The molecular weight excluding hydrogens is 548 g/mol. The maximum Gasteiger partial charge on any atom is 0.229 e. The largest absolute Gasteiger partial charge is 0.508 e. The molecule has 5 rings (SSSR count). The molecule has 0 radical (unpaired) electrons. The van der Waals surface area contributed by atoms with Gasteiger partial charge in [-0.1, -0.05) is 12.1 Å². The highest BCUT2D eigenvalue weighted by Gasteiger charge is 2.51. The van der Waals surface area contributed by atoms with Crippen LogP contribution in [0.5, 0.6) is 23.0 Å². The van der Waals surface area contributed by atoms with Crippen LogP contribution in [0.3, 0.4) is 0 Å². The number of carbonyl (C=O) groups is 1. The molecule has 0 saturated carbocycles. The van der Waals surface area contributed by atoms with Crippen LogP contribution in [-0.4, -0.2) is 115 Å². The molecule has 14 heteroatoms. The monoisotopic (exact) mass is 580 g/mol. The molecule has 0 spiro atoms. The van der Waals surface area contributed by atoms with Gasteiger partial charge in [0.2, 0.25) is 6.29 Å². The van der Waals surface area contributed by atoms with E-state index in [1.54, 1.807) is 12.1 Å². The van der Waals surface area contributed by atoms with Crippen LogP contribution in [0.25, 0.3) is 0 Å². The minimum atomic E-state index is -1.75. The fourth-order valence-corrected chi connectivity index (χ4v) is 5.07. The number of aromatic hydroxyl groups is 2. The Morgan fingerprint density at radius 1 is 0.878 bits per heavy atom. The highest BCUT2D eigenvalue weighted by Crippen LogP contribution is 2.43.